The molecule has 5 nitrogen and oxygen atoms in total. The van der Waals surface area contributed by atoms with Crippen molar-refractivity contribution in [3.63, 3.8) is 0 Å². The second kappa shape index (κ2) is 5.22. The number of hydrogen-bond donors (Lipinski definition) is 2. The lowest BCUT2D eigenvalue weighted by Gasteiger charge is -2.08. The molecular weight excluding hydrogens is 381 g/mol. The number of nitrogens with two attached hydrogens (primary N) is 1. The molecule has 0 saturated heterocycles. The van der Waals surface area contributed by atoms with Gasteiger partial charge in [0.15, 0.2) is 5.13 Å². The van der Waals surface area contributed by atoms with Gasteiger partial charge in [0, 0.05) is 21.5 Å². The Bertz CT molecular complexity index is 803. The molecular formula is C12H11BrFN3O2S2. The van der Waals surface area contributed by atoms with Crippen LogP contribution in [-0.2, 0) is 10.0 Å². The molecule has 1 aromatic carbocycles. The maximum absolute atomic E-state index is 13.9. The lowest BCUT2D eigenvalue weighted by molar-refractivity contribution is 0.570. The van der Waals surface area contributed by atoms with E-state index in [2.05, 4.69) is 25.6 Å². The predicted molar refractivity (Wildman–Crippen MR) is 83.4 cm³/mol. The summed E-state index contributed by atoms with van der Waals surface area (Å²) in [6.07, 6.45) is 2.15. The molecule has 112 valence electrons. The van der Waals surface area contributed by atoms with Gasteiger partial charge >= 0.3 is 0 Å². The molecule has 1 aromatic heterocycles. The summed E-state index contributed by atoms with van der Waals surface area (Å²) >= 11 is 4.24. The number of halogens is 2. The highest BCUT2D eigenvalue weighted by molar-refractivity contribution is 9.10. The molecule has 2 aromatic rings. The molecule has 0 radical (unpaired) electrons. The Kier molecular flexibility index (Phi) is 3.66. The molecule has 1 aliphatic carbocycles. The maximum atomic E-state index is 13.9. The Morgan fingerprint density at radius 2 is 2.14 bits per heavy atom. The van der Waals surface area contributed by atoms with Gasteiger partial charge in [-0.05, 0) is 40.9 Å². The Hall–Kier alpha value is -1.19. The molecule has 1 aliphatic rings. The molecule has 0 unspecified atom stereocenters. The largest absolute Gasteiger partial charge is 0.398 e. The normalized spacial score (nSPS) is 15.1. The molecule has 0 aliphatic heterocycles. The summed E-state index contributed by atoms with van der Waals surface area (Å²) in [6, 6.07) is 2.11. The fourth-order valence-corrected chi connectivity index (χ4v) is 4.28. The van der Waals surface area contributed by atoms with Crippen molar-refractivity contribution in [1.82, 2.24) is 4.98 Å². The molecule has 0 amide bonds. The van der Waals surface area contributed by atoms with E-state index in [-0.39, 0.29) is 10.8 Å². The number of anilines is 2. The molecule has 0 spiro atoms. The van der Waals surface area contributed by atoms with Crippen LogP contribution in [0.5, 0.6) is 0 Å². The van der Waals surface area contributed by atoms with Gasteiger partial charge in [-0.2, -0.15) is 0 Å². The van der Waals surface area contributed by atoms with Gasteiger partial charge in [-0.1, -0.05) is 0 Å². The fraction of sp³-hybridized carbons (Fsp3) is 0.250. The van der Waals surface area contributed by atoms with Crippen molar-refractivity contribution >= 4 is 48.1 Å². The quantitative estimate of drug-likeness (QED) is 0.782. The molecule has 3 N–H and O–H groups in total. The minimum Gasteiger partial charge on any atom is -0.398 e. The van der Waals surface area contributed by atoms with Gasteiger partial charge in [-0.25, -0.2) is 17.8 Å². The van der Waals surface area contributed by atoms with Crippen LogP contribution in [0.3, 0.4) is 0 Å². The van der Waals surface area contributed by atoms with Crippen molar-refractivity contribution in [1.29, 1.82) is 0 Å². The first-order valence-corrected chi connectivity index (χ1v) is 9.25. The number of nitrogen functional groups attached to an aromatic ring is 1. The number of nitrogens with zero attached hydrogens (tertiary/aromatic N) is 1. The summed E-state index contributed by atoms with van der Waals surface area (Å²) in [7, 11) is -4.05. The van der Waals surface area contributed by atoms with Gasteiger partial charge < -0.3 is 5.73 Å². The number of aromatic nitrogens is 1. The first kappa shape index (κ1) is 14.7. The third kappa shape index (κ3) is 3.04. The van der Waals surface area contributed by atoms with Crippen LogP contribution < -0.4 is 10.5 Å². The van der Waals surface area contributed by atoms with Gasteiger partial charge in [0.1, 0.15) is 10.7 Å². The predicted octanol–water partition coefficient (Wildman–Crippen LogP) is 3.31. The van der Waals surface area contributed by atoms with Crippen molar-refractivity contribution < 1.29 is 12.8 Å². The minimum absolute atomic E-state index is 0.148. The van der Waals surface area contributed by atoms with E-state index in [1.54, 1.807) is 0 Å². The second-order valence-electron chi connectivity index (χ2n) is 4.76. The summed E-state index contributed by atoms with van der Waals surface area (Å²) in [5, 5.41) is 2.06. The zero-order valence-electron chi connectivity index (χ0n) is 10.6. The average molecular weight is 392 g/mol. The van der Waals surface area contributed by atoms with Crippen LogP contribution in [0.25, 0.3) is 0 Å². The Morgan fingerprint density at radius 1 is 1.43 bits per heavy atom. The van der Waals surface area contributed by atoms with E-state index in [1.807, 2.05) is 5.38 Å². The van der Waals surface area contributed by atoms with E-state index >= 15 is 0 Å². The number of benzene rings is 1. The molecule has 0 atom stereocenters. The number of sulfonamides is 1. The van der Waals surface area contributed by atoms with Gasteiger partial charge in [-0.15, -0.1) is 11.3 Å². The van der Waals surface area contributed by atoms with Crippen LogP contribution in [0.15, 0.2) is 26.9 Å². The number of nitrogens with one attached hydrogen (secondary N) is 1. The highest BCUT2D eigenvalue weighted by Gasteiger charge is 2.27. The number of thiazole rings is 1. The summed E-state index contributed by atoms with van der Waals surface area (Å²) in [6.45, 7) is 0. The van der Waals surface area contributed by atoms with Crippen molar-refractivity contribution in [2.75, 3.05) is 10.5 Å². The highest BCUT2D eigenvalue weighted by Crippen LogP contribution is 2.41. The van der Waals surface area contributed by atoms with Crippen molar-refractivity contribution in [2.24, 2.45) is 0 Å². The highest BCUT2D eigenvalue weighted by atomic mass is 79.9. The van der Waals surface area contributed by atoms with Gasteiger partial charge in [0.05, 0.1) is 5.69 Å². The molecule has 3 rings (SSSR count). The Morgan fingerprint density at radius 3 is 2.81 bits per heavy atom. The third-order valence-corrected chi connectivity index (χ3v) is 6.03. The van der Waals surface area contributed by atoms with Crippen LogP contribution in [0.2, 0.25) is 0 Å². The van der Waals surface area contributed by atoms with E-state index in [9.17, 15) is 12.8 Å². The standard InChI is InChI=1S/C12H11BrFN3O2S2/c13-7-3-8(14)11(4-9(7)15)21(18,19)17-12-16-10(5-20-12)6-1-2-6/h3-6H,1-2,15H2,(H,16,17). The van der Waals surface area contributed by atoms with Gasteiger partial charge in [0.2, 0.25) is 0 Å². The molecule has 1 fully saturated rings. The van der Waals surface area contributed by atoms with E-state index in [0.717, 1.165) is 30.7 Å². The maximum Gasteiger partial charge on any atom is 0.266 e. The van der Waals surface area contributed by atoms with Crippen molar-refractivity contribution in [3.05, 3.63) is 33.5 Å². The Labute approximate surface area is 133 Å². The van der Waals surface area contributed by atoms with Crippen LogP contribution in [0.1, 0.15) is 24.5 Å². The average Bonchev–Trinajstić information content (AvgIpc) is 3.15. The number of rotatable bonds is 4. The van der Waals surface area contributed by atoms with E-state index in [1.165, 1.54) is 11.3 Å². The summed E-state index contributed by atoms with van der Waals surface area (Å²) in [4.78, 5) is 3.72. The van der Waals surface area contributed by atoms with Crippen LogP contribution in [0, 0.1) is 5.82 Å². The molecule has 1 saturated carbocycles. The zero-order valence-corrected chi connectivity index (χ0v) is 13.9. The van der Waals surface area contributed by atoms with E-state index < -0.39 is 20.7 Å². The van der Waals surface area contributed by atoms with Crippen LogP contribution >= 0.6 is 27.3 Å². The fourth-order valence-electron chi connectivity index (χ4n) is 1.82. The first-order chi connectivity index (χ1) is 9.87. The Balaban J connectivity index is 1.90. The minimum atomic E-state index is -4.05. The molecule has 9 heteroatoms. The number of hydrogen-bond acceptors (Lipinski definition) is 5. The van der Waals surface area contributed by atoms with Gasteiger partial charge in [0.25, 0.3) is 10.0 Å². The molecule has 0 bridgehead atoms. The smallest absolute Gasteiger partial charge is 0.266 e. The van der Waals surface area contributed by atoms with E-state index in [4.69, 9.17) is 5.73 Å². The van der Waals surface area contributed by atoms with Crippen molar-refractivity contribution in [2.45, 2.75) is 23.7 Å². The summed E-state index contributed by atoms with van der Waals surface area (Å²) in [5.74, 6) is -0.442. The molecule has 1 heterocycles. The van der Waals surface area contributed by atoms with Crippen LogP contribution in [0.4, 0.5) is 15.2 Å². The third-order valence-electron chi connectivity index (χ3n) is 3.08. The zero-order chi connectivity index (χ0) is 15.2. The summed E-state index contributed by atoms with van der Waals surface area (Å²) in [5.41, 5.74) is 6.64. The van der Waals surface area contributed by atoms with Crippen LogP contribution in [-0.4, -0.2) is 13.4 Å². The van der Waals surface area contributed by atoms with E-state index in [0.29, 0.717) is 10.4 Å². The molecule has 21 heavy (non-hydrogen) atoms. The topological polar surface area (TPSA) is 85.1 Å². The monoisotopic (exact) mass is 391 g/mol. The summed E-state index contributed by atoms with van der Waals surface area (Å²) < 4.78 is 40.9. The van der Waals surface area contributed by atoms with Gasteiger partial charge in [-0.3, -0.25) is 4.72 Å². The van der Waals surface area contributed by atoms with Crippen molar-refractivity contribution in [3.8, 4) is 0 Å². The first-order valence-electron chi connectivity index (χ1n) is 6.09. The lowest BCUT2D eigenvalue weighted by atomic mass is 10.3. The SMILES string of the molecule is Nc1cc(S(=O)(=O)Nc2nc(C3CC3)cs2)c(F)cc1Br. The second-order valence-corrected chi connectivity index (χ2v) is 8.12. The lowest BCUT2D eigenvalue weighted by Crippen LogP contribution is -2.15.